The molecule has 0 unspecified atom stereocenters. The number of aromatic nitrogens is 1. The molecule has 0 saturated carbocycles. The van der Waals surface area contributed by atoms with Gasteiger partial charge in [-0.3, -0.25) is 14.4 Å². The van der Waals surface area contributed by atoms with Crippen LogP contribution in [0.15, 0.2) is 24.3 Å². The lowest BCUT2D eigenvalue weighted by Gasteiger charge is -2.28. The number of amides is 1. The van der Waals surface area contributed by atoms with Crippen LogP contribution in [0.3, 0.4) is 0 Å². The molecule has 0 aliphatic heterocycles. The molecule has 0 radical (unpaired) electrons. The number of hydrogen-bond donors (Lipinski definition) is 1. The Morgan fingerprint density at radius 1 is 1.10 bits per heavy atom. The minimum absolute atomic E-state index is 0.241. The predicted molar refractivity (Wildman–Crippen MR) is 116 cm³/mol. The number of ether oxygens (including phenoxy) is 2. The van der Waals surface area contributed by atoms with Gasteiger partial charge in [-0.05, 0) is 38.3 Å². The maximum Gasteiger partial charge on any atom is 0.312 e. The first-order valence-electron chi connectivity index (χ1n) is 10.4. The van der Waals surface area contributed by atoms with Gasteiger partial charge in [-0.1, -0.05) is 26.0 Å². The molecule has 0 aliphatic carbocycles. The summed E-state index contributed by atoms with van der Waals surface area (Å²) in [5.41, 5.74) is 0.215. The molecular weight excluding hydrogens is 404 g/mol. The Bertz CT molecular complexity index is 827. The van der Waals surface area contributed by atoms with Crippen molar-refractivity contribution in [2.24, 2.45) is 5.41 Å². The van der Waals surface area contributed by atoms with Crippen molar-refractivity contribution in [3.8, 4) is 0 Å². The Morgan fingerprint density at radius 3 is 2.50 bits per heavy atom. The summed E-state index contributed by atoms with van der Waals surface area (Å²) in [5.74, 6) is -1.05. The first-order chi connectivity index (χ1) is 14.4. The number of nitrogens with zero attached hydrogens (tertiary/aromatic N) is 1. The van der Waals surface area contributed by atoms with Crippen molar-refractivity contribution in [1.29, 1.82) is 0 Å². The number of nitrogens with one attached hydrogen (secondary N) is 1. The number of thiazole rings is 1. The van der Waals surface area contributed by atoms with Gasteiger partial charge in [0.2, 0.25) is 0 Å². The van der Waals surface area contributed by atoms with Crippen LogP contribution in [0.4, 0.5) is 0 Å². The molecule has 1 amide bonds. The molecule has 0 bridgehead atoms. The van der Waals surface area contributed by atoms with E-state index in [0.717, 1.165) is 15.2 Å². The number of para-hydroxylation sites is 1. The number of rotatable bonds is 12. The Labute approximate surface area is 181 Å². The summed E-state index contributed by atoms with van der Waals surface area (Å²) in [6.07, 6.45) is 2.40. The van der Waals surface area contributed by atoms with E-state index in [2.05, 4.69) is 10.3 Å². The zero-order valence-electron chi connectivity index (χ0n) is 17.9. The lowest BCUT2D eigenvalue weighted by atomic mass is 9.79. The van der Waals surface area contributed by atoms with Crippen molar-refractivity contribution in [1.82, 2.24) is 10.3 Å². The largest absolute Gasteiger partial charge is 0.466 e. The maximum atomic E-state index is 12.9. The predicted octanol–water partition coefficient (Wildman–Crippen LogP) is 3.65. The van der Waals surface area contributed by atoms with Crippen molar-refractivity contribution in [2.45, 2.75) is 52.9 Å². The number of esters is 2. The average molecular weight is 435 g/mol. The van der Waals surface area contributed by atoms with Crippen LogP contribution in [0.1, 0.15) is 51.5 Å². The van der Waals surface area contributed by atoms with Crippen molar-refractivity contribution in [3.63, 3.8) is 0 Å². The Morgan fingerprint density at radius 2 is 1.83 bits per heavy atom. The lowest BCUT2D eigenvalue weighted by Crippen LogP contribution is -2.37. The standard InChI is InChI=1S/C22H30N2O5S/c1-4-22(5-2,14-19-24-16-10-7-8-11-17(16)30-19)21(27)29-15-18(25)23-13-9-12-20(26)28-6-3/h7-8,10-11H,4-6,9,12-15H2,1-3H3,(H,23,25). The van der Waals surface area contributed by atoms with E-state index in [1.807, 2.05) is 38.1 Å². The van der Waals surface area contributed by atoms with E-state index in [1.165, 1.54) is 0 Å². The number of hydrogen-bond acceptors (Lipinski definition) is 7. The number of benzene rings is 1. The second-order valence-corrected chi connectivity index (χ2v) is 8.19. The fourth-order valence-electron chi connectivity index (χ4n) is 3.17. The third-order valence-corrected chi connectivity index (χ3v) is 6.17. The lowest BCUT2D eigenvalue weighted by molar-refractivity contribution is -0.159. The smallest absolute Gasteiger partial charge is 0.312 e. The van der Waals surface area contributed by atoms with Crippen molar-refractivity contribution >= 4 is 39.4 Å². The fourth-order valence-corrected chi connectivity index (χ4v) is 4.29. The van der Waals surface area contributed by atoms with Crippen LogP contribution >= 0.6 is 11.3 Å². The monoisotopic (exact) mass is 434 g/mol. The summed E-state index contributed by atoms with van der Waals surface area (Å²) in [6, 6.07) is 7.88. The normalized spacial score (nSPS) is 11.3. The molecule has 1 aromatic carbocycles. The molecule has 1 N–H and O–H groups in total. The third-order valence-electron chi connectivity index (χ3n) is 5.13. The van der Waals surface area contributed by atoms with Crippen LogP contribution in [-0.2, 0) is 30.3 Å². The molecule has 164 valence electrons. The van der Waals surface area contributed by atoms with Gasteiger partial charge in [-0.15, -0.1) is 11.3 Å². The second kappa shape index (κ2) is 11.6. The van der Waals surface area contributed by atoms with Gasteiger partial charge in [-0.25, -0.2) is 4.98 Å². The average Bonchev–Trinajstić information content (AvgIpc) is 3.16. The van der Waals surface area contributed by atoms with Crippen molar-refractivity contribution < 1.29 is 23.9 Å². The Kier molecular flexibility index (Phi) is 9.23. The van der Waals surface area contributed by atoms with Crippen LogP contribution in [0.5, 0.6) is 0 Å². The summed E-state index contributed by atoms with van der Waals surface area (Å²) < 4.78 is 11.3. The molecule has 0 fully saturated rings. The fraction of sp³-hybridized carbons (Fsp3) is 0.545. The molecule has 0 saturated heterocycles. The Balaban J connectivity index is 1.86. The summed E-state index contributed by atoms with van der Waals surface area (Å²) in [7, 11) is 0. The third kappa shape index (κ3) is 6.52. The number of carbonyl (C=O) groups is 3. The summed E-state index contributed by atoms with van der Waals surface area (Å²) >= 11 is 1.58. The molecule has 2 aromatic rings. The van der Waals surface area contributed by atoms with Crippen molar-refractivity contribution in [2.75, 3.05) is 19.8 Å². The van der Waals surface area contributed by atoms with Gasteiger partial charge < -0.3 is 14.8 Å². The van der Waals surface area contributed by atoms with Crippen LogP contribution < -0.4 is 5.32 Å². The van der Waals surface area contributed by atoms with E-state index < -0.39 is 5.41 Å². The molecule has 1 heterocycles. The van der Waals surface area contributed by atoms with Gasteiger partial charge in [0.05, 0.1) is 27.2 Å². The SMILES string of the molecule is CCOC(=O)CCCNC(=O)COC(=O)C(CC)(CC)Cc1nc2ccccc2s1. The van der Waals surface area contributed by atoms with E-state index in [-0.39, 0.29) is 30.9 Å². The minimum Gasteiger partial charge on any atom is -0.466 e. The van der Waals surface area contributed by atoms with Crippen molar-refractivity contribution in [3.05, 3.63) is 29.3 Å². The van der Waals surface area contributed by atoms with Crippen LogP contribution in [-0.4, -0.2) is 42.6 Å². The van der Waals surface area contributed by atoms with E-state index in [9.17, 15) is 14.4 Å². The van der Waals surface area contributed by atoms with Crippen LogP contribution in [0, 0.1) is 5.41 Å². The van der Waals surface area contributed by atoms with Gasteiger partial charge in [0.15, 0.2) is 6.61 Å². The highest BCUT2D eigenvalue weighted by Crippen LogP contribution is 2.35. The van der Waals surface area contributed by atoms with E-state index in [0.29, 0.717) is 38.8 Å². The zero-order chi connectivity index (χ0) is 22.0. The van der Waals surface area contributed by atoms with E-state index in [1.54, 1.807) is 18.3 Å². The highest BCUT2D eigenvalue weighted by molar-refractivity contribution is 7.18. The number of carbonyl (C=O) groups excluding carboxylic acids is 3. The van der Waals surface area contributed by atoms with Gasteiger partial charge >= 0.3 is 11.9 Å². The zero-order valence-corrected chi connectivity index (χ0v) is 18.7. The van der Waals surface area contributed by atoms with Gasteiger partial charge in [-0.2, -0.15) is 0 Å². The highest BCUT2D eigenvalue weighted by atomic mass is 32.1. The molecule has 7 nitrogen and oxygen atoms in total. The molecular formula is C22H30N2O5S. The molecule has 0 aliphatic rings. The second-order valence-electron chi connectivity index (χ2n) is 7.07. The van der Waals surface area contributed by atoms with E-state index >= 15 is 0 Å². The molecule has 8 heteroatoms. The minimum atomic E-state index is -0.710. The van der Waals surface area contributed by atoms with Crippen LogP contribution in [0.25, 0.3) is 10.2 Å². The summed E-state index contributed by atoms with van der Waals surface area (Å²) in [5, 5.41) is 3.55. The molecule has 2 rings (SSSR count). The quantitative estimate of drug-likeness (QED) is 0.405. The Hall–Kier alpha value is -2.48. The molecule has 0 atom stereocenters. The highest BCUT2D eigenvalue weighted by Gasteiger charge is 2.38. The van der Waals surface area contributed by atoms with Crippen LogP contribution in [0.2, 0.25) is 0 Å². The molecule has 30 heavy (non-hydrogen) atoms. The molecule has 0 spiro atoms. The number of fused-ring (bicyclic) bond motifs is 1. The van der Waals surface area contributed by atoms with E-state index in [4.69, 9.17) is 9.47 Å². The van der Waals surface area contributed by atoms with Gasteiger partial charge in [0.1, 0.15) is 0 Å². The topological polar surface area (TPSA) is 94.6 Å². The van der Waals surface area contributed by atoms with Gasteiger partial charge in [0, 0.05) is 19.4 Å². The summed E-state index contributed by atoms with van der Waals surface area (Å²) in [6.45, 7) is 5.99. The first kappa shape index (κ1) is 23.8. The summed E-state index contributed by atoms with van der Waals surface area (Å²) in [4.78, 5) is 40.8. The maximum absolute atomic E-state index is 12.9. The molecule has 1 aromatic heterocycles. The first-order valence-corrected chi connectivity index (χ1v) is 11.2. The van der Waals surface area contributed by atoms with Gasteiger partial charge in [0.25, 0.3) is 5.91 Å².